The van der Waals surface area contributed by atoms with E-state index in [0.717, 1.165) is 0 Å². The number of aromatic nitrogens is 2. The second kappa shape index (κ2) is 6.12. The van der Waals surface area contributed by atoms with Gasteiger partial charge in [-0.2, -0.15) is 5.10 Å². The molecule has 1 rings (SSSR count). The molecule has 19 heavy (non-hydrogen) atoms. The highest BCUT2D eigenvalue weighted by atomic mass is 16.4. The number of aliphatic carboxylic acids is 1. The molecule has 0 aliphatic carbocycles. The fourth-order valence-electron chi connectivity index (χ4n) is 1.79. The van der Waals surface area contributed by atoms with Crippen molar-refractivity contribution in [2.24, 2.45) is 0 Å². The summed E-state index contributed by atoms with van der Waals surface area (Å²) in [5.74, 6) is -1.47. The summed E-state index contributed by atoms with van der Waals surface area (Å²) in [5.41, 5.74) is -1.16. The van der Waals surface area contributed by atoms with Crippen LogP contribution >= 0.6 is 0 Å². The first kappa shape index (κ1) is 14.9. The largest absolute Gasteiger partial charge is 0.481 e. The summed E-state index contributed by atoms with van der Waals surface area (Å²) in [6, 6.07) is 2.49. The number of H-pyrrole nitrogens is 1. The molecule has 7 heteroatoms. The monoisotopic (exact) mass is 267 g/mol. The van der Waals surface area contributed by atoms with Gasteiger partial charge in [0, 0.05) is 6.07 Å². The van der Waals surface area contributed by atoms with Gasteiger partial charge in [-0.25, -0.2) is 5.10 Å². The molecule has 0 aliphatic rings. The van der Waals surface area contributed by atoms with Crippen molar-refractivity contribution in [3.05, 3.63) is 28.2 Å². The van der Waals surface area contributed by atoms with E-state index in [0.29, 0.717) is 12.8 Å². The van der Waals surface area contributed by atoms with Crippen LogP contribution in [0.15, 0.2) is 16.9 Å². The molecule has 1 aromatic rings. The molecule has 0 aromatic carbocycles. The lowest BCUT2D eigenvalue weighted by Gasteiger charge is -2.31. The van der Waals surface area contributed by atoms with Crippen LogP contribution in [-0.2, 0) is 4.79 Å². The highest BCUT2D eigenvalue weighted by Gasteiger charge is 2.31. The van der Waals surface area contributed by atoms with Gasteiger partial charge in [-0.3, -0.25) is 14.4 Å². The second-order valence-corrected chi connectivity index (χ2v) is 4.32. The Morgan fingerprint density at radius 3 is 2.42 bits per heavy atom. The Morgan fingerprint density at radius 1 is 1.37 bits per heavy atom. The zero-order valence-corrected chi connectivity index (χ0v) is 10.9. The summed E-state index contributed by atoms with van der Waals surface area (Å²) in [6.45, 7) is 3.63. The molecule has 104 valence electrons. The number of hydrogen-bond donors (Lipinski definition) is 3. The van der Waals surface area contributed by atoms with E-state index in [1.54, 1.807) is 0 Å². The Morgan fingerprint density at radius 2 is 2.00 bits per heavy atom. The number of amides is 1. The Bertz CT molecular complexity index is 499. The van der Waals surface area contributed by atoms with Crippen molar-refractivity contribution in [3.8, 4) is 0 Å². The van der Waals surface area contributed by atoms with Gasteiger partial charge < -0.3 is 10.4 Å². The Hall–Kier alpha value is -2.18. The summed E-state index contributed by atoms with van der Waals surface area (Å²) in [4.78, 5) is 33.7. The number of hydrogen-bond acceptors (Lipinski definition) is 4. The lowest BCUT2D eigenvalue weighted by Crippen LogP contribution is -2.49. The Balaban J connectivity index is 2.90. The minimum Gasteiger partial charge on any atom is -0.481 e. The molecule has 0 unspecified atom stereocenters. The molecule has 3 N–H and O–H groups in total. The number of nitrogens with one attached hydrogen (secondary N) is 2. The van der Waals surface area contributed by atoms with Gasteiger partial charge in [0.05, 0.1) is 12.0 Å². The quantitative estimate of drug-likeness (QED) is 0.696. The van der Waals surface area contributed by atoms with Gasteiger partial charge in [-0.15, -0.1) is 0 Å². The van der Waals surface area contributed by atoms with Crippen LogP contribution in [0.3, 0.4) is 0 Å². The third kappa shape index (κ3) is 3.90. The van der Waals surface area contributed by atoms with Crippen LogP contribution < -0.4 is 10.9 Å². The van der Waals surface area contributed by atoms with E-state index in [9.17, 15) is 14.4 Å². The molecule has 0 bridgehead atoms. The van der Waals surface area contributed by atoms with Crippen LogP contribution in [-0.4, -0.2) is 32.7 Å². The molecule has 1 aromatic heterocycles. The molecular weight excluding hydrogens is 250 g/mol. The number of carboxylic acids is 1. The van der Waals surface area contributed by atoms with Crippen molar-refractivity contribution >= 4 is 11.9 Å². The van der Waals surface area contributed by atoms with Crippen molar-refractivity contribution in [3.63, 3.8) is 0 Å². The minimum atomic E-state index is -0.974. The first-order valence-electron chi connectivity index (χ1n) is 6.02. The third-order valence-corrected chi connectivity index (χ3v) is 3.13. The normalized spacial score (nSPS) is 11.1. The second-order valence-electron chi connectivity index (χ2n) is 4.32. The molecule has 0 atom stereocenters. The van der Waals surface area contributed by atoms with Gasteiger partial charge in [0.2, 0.25) is 0 Å². The number of nitrogens with zero attached hydrogens (tertiary/aromatic N) is 1. The van der Waals surface area contributed by atoms with Crippen LogP contribution in [0.1, 0.15) is 43.6 Å². The van der Waals surface area contributed by atoms with E-state index in [2.05, 4.69) is 15.5 Å². The number of aromatic amines is 1. The number of rotatable bonds is 6. The maximum absolute atomic E-state index is 12.0. The summed E-state index contributed by atoms with van der Waals surface area (Å²) in [6.07, 6.45) is 0.824. The van der Waals surface area contributed by atoms with Crippen molar-refractivity contribution in [2.45, 2.75) is 38.6 Å². The average molecular weight is 267 g/mol. The van der Waals surface area contributed by atoms with Gasteiger partial charge in [-0.05, 0) is 18.9 Å². The van der Waals surface area contributed by atoms with Gasteiger partial charge in [-0.1, -0.05) is 13.8 Å². The molecule has 0 saturated carbocycles. The maximum Gasteiger partial charge on any atom is 0.305 e. The standard InChI is InChI=1S/C12H17N3O4/c1-3-12(4-2,7-10(17)18)13-11(19)8-5-6-9(16)15-14-8/h5-6H,3-4,7H2,1-2H3,(H,13,19)(H,15,16)(H,17,18). The summed E-state index contributed by atoms with van der Waals surface area (Å²) in [7, 11) is 0. The highest BCUT2D eigenvalue weighted by Crippen LogP contribution is 2.20. The molecule has 0 saturated heterocycles. The third-order valence-electron chi connectivity index (χ3n) is 3.13. The lowest BCUT2D eigenvalue weighted by molar-refractivity contribution is -0.138. The topological polar surface area (TPSA) is 112 Å². The summed E-state index contributed by atoms with van der Waals surface area (Å²) in [5, 5.41) is 17.4. The molecule has 0 fully saturated rings. The molecular formula is C12H17N3O4. The van der Waals surface area contributed by atoms with Crippen LogP contribution in [0.4, 0.5) is 0 Å². The van der Waals surface area contributed by atoms with E-state index < -0.39 is 23.0 Å². The molecule has 1 amide bonds. The van der Waals surface area contributed by atoms with Crippen LogP contribution in [0, 0.1) is 0 Å². The molecule has 7 nitrogen and oxygen atoms in total. The Kier molecular flexibility index (Phi) is 4.80. The maximum atomic E-state index is 12.0. The predicted molar refractivity (Wildman–Crippen MR) is 67.9 cm³/mol. The van der Waals surface area contributed by atoms with Gasteiger partial charge in [0.1, 0.15) is 5.69 Å². The molecule has 1 heterocycles. The SMILES string of the molecule is CCC(CC)(CC(=O)O)NC(=O)c1ccc(=O)[nH]n1. The smallest absolute Gasteiger partial charge is 0.305 e. The van der Waals surface area contributed by atoms with E-state index in [1.807, 2.05) is 13.8 Å². The predicted octanol–water partition coefficient (Wildman–Crippen LogP) is 0.533. The Labute approximate surface area is 110 Å². The number of carbonyl (C=O) groups is 2. The summed E-state index contributed by atoms with van der Waals surface area (Å²) < 4.78 is 0. The molecule has 0 aliphatic heterocycles. The van der Waals surface area contributed by atoms with Crippen LogP contribution in [0.5, 0.6) is 0 Å². The lowest BCUT2D eigenvalue weighted by atomic mass is 9.89. The van der Waals surface area contributed by atoms with E-state index in [-0.39, 0.29) is 12.1 Å². The fraction of sp³-hybridized carbons (Fsp3) is 0.500. The first-order valence-corrected chi connectivity index (χ1v) is 6.02. The number of carboxylic acid groups (broad SMARTS) is 1. The van der Waals surface area contributed by atoms with Gasteiger partial charge >= 0.3 is 5.97 Å². The summed E-state index contributed by atoms with van der Waals surface area (Å²) >= 11 is 0. The molecule has 0 radical (unpaired) electrons. The van der Waals surface area contributed by atoms with E-state index in [4.69, 9.17) is 5.11 Å². The fourth-order valence-corrected chi connectivity index (χ4v) is 1.79. The van der Waals surface area contributed by atoms with Gasteiger partial charge in [0.25, 0.3) is 11.5 Å². The van der Waals surface area contributed by atoms with Crippen molar-refractivity contribution < 1.29 is 14.7 Å². The number of carbonyl (C=O) groups excluding carboxylic acids is 1. The minimum absolute atomic E-state index is 0.0521. The van der Waals surface area contributed by atoms with Crippen LogP contribution in [0.25, 0.3) is 0 Å². The average Bonchev–Trinajstić information content (AvgIpc) is 2.38. The van der Waals surface area contributed by atoms with Crippen LogP contribution in [0.2, 0.25) is 0 Å². The van der Waals surface area contributed by atoms with Crippen molar-refractivity contribution in [2.75, 3.05) is 0 Å². The zero-order valence-electron chi connectivity index (χ0n) is 10.9. The van der Waals surface area contributed by atoms with E-state index in [1.165, 1.54) is 12.1 Å². The van der Waals surface area contributed by atoms with E-state index >= 15 is 0 Å². The van der Waals surface area contributed by atoms with Gasteiger partial charge in [0.15, 0.2) is 0 Å². The van der Waals surface area contributed by atoms with Crippen molar-refractivity contribution in [1.82, 2.24) is 15.5 Å². The first-order chi connectivity index (χ1) is 8.92. The zero-order chi connectivity index (χ0) is 14.5. The molecule has 0 spiro atoms. The van der Waals surface area contributed by atoms with Crippen molar-refractivity contribution in [1.29, 1.82) is 0 Å². The highest BCUT2D eigenvalue weighted by molar-refractivity contribution is 5.92.